The van der Waals surface area contributed by atoms with Crippen molar-refractivity contribution in [2.24, 2.45) is 0 Å². The summed E-state index contributed by atoms with van der Waals surface area (Å²) in [6.07, 6.45) is 2.59. The van der Waals surface area contributed by atoms with Crippen LogP contribution in [0.5, 0.6) is 0 Å². The highest BCUT2D eigenvalue weighted by atomic mass is 19.1. The predicted octanol–water partition coefficient (Wildman–Crippen LogP) is 3.71. The van der Waals surface area contributed by atoms with Crippen LogP contribution in [0.2, 0.25) is 0 Å². The van der Waals surface area contributed by atoms with Crippen LogP contribution in [0.4, 0.5) is 14.5 Å². The monoisotopic (exact) mass is 284 g/mol. The van der Waals surface area contributed by atoms with Crippen molar-refractivity contribution in [3.63, 3.8) is 0 Å². The standard InChI is InChI=1S/C15H22F2N2O/c1-4-7-11(5-2)19-15(20)10-8-12(16)14(18-6-3)13(17)9-10/h8-9,11,18H,4-7H2,1-3H3,(H,19,20). The Hall–Kier alpha value is -1.65. The highest BCUT2D eigenvalue weighted by Gasteiger charge is 2.16. The number of hydrogen-bond donors (Lipinski definition) is 2. The molecule has 1 aromatic rings. The Labute approximate surface area is 118 Å². The lowest BCUT2D eigenvalue weighted by atomic mass is 10.1. The van der Waals surface area contributed by atoms with E-state index in [9.17, 15) is 13.6 Å². The third-order valence-corrected chi connectivity index (χ3v) is 3.12. The van der Waals surface area contributed by atoms with Crippen molar-refractivity contribution in [2.45, 2.75) is 46.1 Å². The normalized spacial score (nSPS) is 12.1. The molecule has 112 valence electrons. The molecule has 0 aliphatic carbocycles. The molecule has 0 heterocycles. The number of anilines is 1. The van der Waals surface area contributed by atoms with Gasteiger partial charge in [0.2, 0.25) is 0 Å². The van der Waals surface area contributed by atoms with E-state index in [1.807, 2.05) is 13.8 Å². The highest BCUT2D eigenvalue weighted by Crippen LogP contribution is 2.20. The van der Waals surface area contributed by atoms with E-state index in [0.29, 0.717) is 6.54 Å². The summed E-state index contributed by atoms with van der Waals surface area (Å²) in [5.74, 6) is -1.94. The van der Waals surface area contributed by atoms with E-state index in [0.717, 1.165) is 31.4 Å². The summed E-state index contributed by atoms with van der Waals surface area (Å²) in [5.41, 5.74) is -0.180. The molecule has 1 unspecified atom stereocenters. The van der Waals surface area contributed by atoms with Crippen LogP contribution in [0, 0.1) is 11.6 Å². The van der Waals surface area contributed by atoms with Gasteiger partial charge >= 0.3 is 0 Å². The zero-order chi connectivity index (χ0) is 15.1. The molecule has 0 saturated carbocycles. The first-order chi connectivity index (χ1) is 9.53. The number of carbonyl (C=O) groups excluding carboxylic acids is 1. The molecule has 0 aliphatic heterocycles. The van der Waals surface area contributed by atoms with Gasteiger partial charge in [0, 0.05) is 18.2 Å². The smallest absolute Gasteiger partial charge is 0.251 e. The van der Waals surface area contributed by atoms with Crippen LogP contribution in [0.1, 0.15) is 50.4 Å². The van der Waals surface area contributed by atoms with Crippen LogP contribution >= 0.6 is 0 Å². The lowest BCUT2D eigenvalue weighted by Crippen LogP contribution is -2.34. The van der Waals surface area contributed by atoms with E-state index >= 15 is 0 Å². The highest BCUT2D eigenvalue weighted by molar-refractivity contribution is 5.94. The maximum atomic E-state index is 13.7. The van der Waals surface area contributed by atoms with E-state index in [2.05, 4.69) is 10.6 Å². The molecule has 2 N–H and O–H groups in total. The summed E-state index contributed by atoms with van der Waals surface area (Å²) in [7, 11) is 0. The Bertz CT molecular complexity index is 440. The number of benzene rings is 1. The zero-order valence-corrected chi connectivity index (χ0v) is 12.2. The lowest BCUT2D eigenvalue weighted by molar-refractivity contribution is 0.0933. The van der Waals surface area contributed by atoms with Gasteiger partial charge in [-0.3, -0.25) is 4.79 Å². The molecule has 0 aliphatic rings. The molecular formula is C15H22F2N2O. The van der Waals surface area contributed by atoms with Crippen LogP contribution in [0.15, 0.2) is 12.1 Å². The molecule has 0 bridgehead atoms. The number of carbonyl (C=O) groups is 1. The van der Waals surface area contributed by atoms with Crippen molar-refractivity contribution in [3.8, 4) is 0 Å². The topological polar surface area (TPSA) is 41.1 Å². The number of hydrogen-bond acceptors (Lipinski definition) is 2. The number of amides is 1. The molecule has 1 rings (SSSR count). The van der Waals surface area contributed by atoms with Crippen molar-refractivity contribution in [1.82, 2.24) is 5.32 Å². The Morgan fingerprint density at radius 2 is 1.80 bits per heavy atom. The molecule has 0 radical (unpaired) electrons. The molecule has 1 amide bonds. The summed E-state index contributed by atoms with van der Waals surface area (Å²) in [4.78, 5) is 12.0. The third-order valence-electron chi connectivity index (χ3n) is 3.12. The SMILES string of the molecule is CCCC(CC)NC(=O)c1cc(F)c(NCC)c(F)c1. The second-order valence-electron chi connectivity index (χ2n) is 4.71. The van der Waals surface area contributed by atoms with Crippen LogP contribution < -0.4 is 10.6 Å². The van der Waals surface area contributed by atoms with Crippen LogP contribution in [-0.4, -0.2) is 18.5 Å². The first kappa shape index (κ1) is 16.4. The fraction of sp³-hybridized carbons (Fsp3) is 0.533. The minimum absolute atomic E-state index is 0.0104. The summed E-state index contributed by atoms with van der Waals surface area (Å²) in [6, 6.07) is 2.16. The van der Waals surface area contributed by atoms with E-state index in [1.54, 1.807) is 6.92 Å². The first-order valence-electron chi connectivity index (χ1n) is 7.07. The van der Waals surface area contributed by atoms with E-state index in [-0.39, 0.29) is 17.3 Å². The van der Waals surface area contributed by atoms with Gasteiger partial charge < -0.3 is 10.6 Å². The van der Waals surface area contributed by atoms with Gasteiger partial charge in [-0.25, -0.2) is 8.78 Å². The Morgan fingerprint density at radius 1 is 1.20 bits per heavy atom. The molecule has 20 heavy (non-hydrogen) atoms. The lowest BCUT2D eigenvalue weighted by Gasteiger charge is -2.16. The summed E-state index contributed by atoms with van der Waals surface area (Å²) < 4.78 is 27.5. The van der Waals surface area contributed by atoms with Gasteiger partial charge in [-0.05, 0) is 31.9 Å². The van der Waals surface area contributed by atoms with Crippen molar-refractivity contribution < 1.29 is 13.6 Å². The fourth-order valence-electron chi connectivity index (χ4n) is 2.05. The van der Waals surface area contributed by atoms with E-state index < -0.39 is 17.5 Å². The quantitative estimate of drug-likeness (QED) is 0.801. The predicted molar refractivity (Wildman–Crippen MR) is 77.0 cm³/mol. The van der Waals surface area contributed by atoms with Crippen LogP contribution in [0.3, 0.4) is 0 Å². The maximum absolute atomic E-state index is 13.7. The molecular weight excluding hydrogens is 262 g/mol. The van der Waals surface area contributed by atoms with Crippen molar-refractivity contribution in [2.75, 3.05) is 11.9 Å². The Morgan fingerprint density at radius 3 is 2.25 bits per heavy atom. The summed E-state index contributed by atoms with van der Waals surface area (Å²) in [5, 5.41) is 5.40. The van der Waals surface area contributed by atoms with Crippen LogP contribution in [0.25, 0.3) is 0 Å². The van der Waals surface area contributed by atoms with Gasteiger partial charge in [-0.2, -0.15) is 0 Å². The molecule has 0 saturated heterocycles. The number of halogens is 2. The summed E-state index contributed by atoms with van der Waals surface area (Å²) in [6.45, 7) is 6.15. The molecule has 5 heteroatoms. The Kier molecular flexibility index (Phi) is 6.42. The van der Waals surface area contributed by atoms with Crippen molar-refractivity contribution in [3.05, 3.63) is 29.3 Å². The zero-order valence-electron chi connectivity index (χ0n) is 12.2. The number of nitrogens with one attached hydrogen (secondary N) is 2. The van der Waals surface area contributed by atoms with Gasteiger partial charge in [-0.15, -0.1) is 0 Å². The third kappa shape index (κ3) is 4.18. The van der Waals surface area contributed by atoms with Gasteiger partial charge in [0.05, 0.1) is 0 Å². The molecule has 0 aromatic heterocycles. The van der Waals surface area contributed by atoms with Crippen LogP contribution in [-0.2, 0) is 0 Å². The molecule has 3 nitrogen and oxygen atoms in total. The van der Waals surface area contributed by atoms with Gasteiger partial charge in [0.15, 0.2) is 0 Å². The minimum Gasteiger partial charge on any atom is -0.381 e. The molecule has 0 spiro atoms. The largest absolute Gasteiger partial charge is 0.381 e. The Balaban J connectivity index is 2.88. The second-order valence-corrected chi connectivity index (χ2v) is 4.71. The summed E-state index contributed by atoms with van der Waals surface area (Å²) >= 11 is 0. The molecule has 1 aromatic carbocycles. The van der Waals surface area contributed by atoms with E-state index in [1.165, 1.54) is 0 Å². The number of rotatable bonds is 7. The average Bonchev–Trinajstić information content (AvgIpc) is 2.41. The van der Waals surface area contributed by atoms with Gasteiger partial charge in [-0.1, -0.05) is 20.3 Å². The van der Waals surface area contributed by atoms with E-state index in [4.69, 9.17) is 0 Å². The maximum Gasteiger partial charge on any atom is 0.251 e. The van der Waals surface area contributed by atoms with Gasteiger partial charge in [0.1, 0.15) is 17.3 Å². The van der Waals surface area contributed by atoms with Crippen molar-refractivity contribution in [1.29, 1.82) is 0 Å². The molecule has 0 fully saturated rings. The van der Waals surface area contributed by atoms with Crippen molar-refractivity contribution >= 4 is 11.6 Å². The molecule has 1 atom stereocenters. The van der Waals surface area contributed by atoms with Gasteiger partial charge in [0.25, 0.3) is 5.91 Å². The average molecular weight is 284 g/mol. The second kappa shape index (κ2) is 7.82. The fourth-order valence-corrected chi connectivity index (χ4v) is 2.05. The first-order valence-corrected chi connectivity index (χ1v) is 7.07. The minimum atomic E-state index is -0.750.